The summed E-state index contributed by atoms with van der Waals surface area (Å²) in [6.45, 7) is 7.84. The third kappa shape index (κ3) is 11.0. The molecule has 13 heteroatoms. The van der Waals surface area contributed by atoms with Gasteiger partial charge in [0.15, 0.2) is 5.96 Å². The van der Waals surface area contributed by atoms with Gasteiger partial charge in [-0.15, -0.1) is 0 Å². The number of benzene rings is 1. The lowest BCUT2D eigenvalue weighted by atomic mass is 9.99. The molecule has 0 saturated heterocycles. The number of aliphatic carboxylic acids is 1. The molecule has 4 atom stereocenters. The minimum atomic E-state index is -1.16. The molecule has 2 aromatic rings. The van der Waals surface area contributed by atoms with Crippen LogP contribution in [-0.4, -0.2) is 70.5 Å². The van der Waals surface area contributed by atoms with Gasteiger partial charge in [0.1, 0.15) is 18.1 Å². The largest absolute Gasteiger partial charge is 0.480 e. The average Bonchev–Trinajstić information content (AvgIpc) is 3.31. The Bertz CT molecular complexity index is 1240. The van der Waals surface area contributed by atoms with Crippen LogP contribution in [0.5, 0.6) is 0 Å². The first-order chi connectivity index (χ1) is 19.8. The summed E-state index contributed by atoms with van der Waals surface area (Å²) in [5, 5.41) is 18.7. The van der Waals surface area contributed by atoms with Crippen molar-refractivity contribution >= 4 is 40.6 Å². The molecule has 232 valence electrons. The first-order valence-corrected chi connectivity index (χ1v) is 14.3. The Morgan fingerprint density at radius 1 is 0.881 bits per heavy atom. The molecule has 0 fully saturated rings. The number of rotatable bonds is 17. The molecule has 0 aliphatic heterocycles. The van der Waals surface area contributed by atoms with E-state index in [1.54, 1.807) is 6.20 Å². The van der Waals surface area contributed by atoms with Gasteiger partial charge in [0.05, 0.1) is 6.04 Å². The molecular formula is C29H46N8O5. The van der Waals surface area contributed by atoms with Crippen LogP contribution in [0.2, 0.25) is 0 Å². The number of nitrogens with two attached hydrogens (primary N) is 3. The van der Waals surface area contributed by atoms with Crippen LogP contribution in [0.4, 0.5) is 0 Å². The van der Waals surface area contributed by atoms with Crippen LogP contribution in [0.25, 0.3) is 10.9 Å². The second kappa shape index (κ2) is 16.3. The third-order valence-corrected chi connectivity index (χ3v) is 6.70. The summed E-state index contributed by atoms with van der Waals surface area (Å²) in [4.78, 5) is 58.8. The van der Waals surface area contributed by atoms with Gasteiger partial charge in [-0.2, -0.15) is 0 Å². The second-order valence-electron chi connectivity index (χ2n) is 11.4. The highest BCUT2D eigenvalue weighted by Gasteiger charge is 2.31. The van der Waals surface area contributed by atoms with E-state index < -0.39 is 47.9 Å². The van der Waals surface area contributed by atoms with Crippen molar-refractivity contribution in [1.82, 2.24) is 20.9 Å². The Labute approximate surface area is 246 Å². The number of carboxylic acid groups (broad SMARTS) is 1. The number of amides is 3. The molecule has 0 aliphatic rings. The number of hydrogen-bond acceptors (Lipinski definition) is 6. The normalized spacial score (nSPS) is 14.2. The number of nitrogens with zero attached hydrogens (tertiary/aromatic N) is 1. The summed E-state index contributed by atoms with van der Waals surface area (Å²) < 4.78 is 0. The maximum absolute atomic E-state index is 13.6. The smallest absolute Gasteiger partial charge is 0.326 e. The van der Waals surface area contributed by atoms with Crippen LogP contribution in [0.3, 0.4) is 0 Å². The van der Waals surface area contributed by atoms with Crippen molar-refractivity contribution in [3.05, 3.63) is 36.0 Å². The zero-order valence-corrected chi connectivity index (χ0v) is 24.9. The lowest BCUT2D eigenvalue weighted by molar-refractivity contribution is -0.142. The van der Waals surface area contributed by atoms with Gasteiger partial charge >= 0.3 is 5.97 Å². The van der Waals surface area contributed by atoms with Crippen molar-refractivity contribution < 1.29 is 24.3 Å². The Hall–Kier alpha value is -4.13. The molecule has 1 aromatic heterocycles. The van der Waals surface area contributed by atoms with Crippen LogP contribution in [0.1, 0.15) is 58.9 Å². The lowest BCUT2D eigenvalue weighted by Crippen LogP contribution is -2.58. The van der Waals surface area contributed by atoms with Crippen molar-refractivity contribution in [3.8, 4) is 0 Å². The SMILES string of the molecule is CC(C)CC(NC(=O)C(Cc1c[nH]c2ccccc12)NC(=O)C(CC(C)C)NC(=O)C(N)CCCN=C(N)N)C(=O)O. The topological polar surface area (TPSA) is 231 Å². The molecule has 0 aliphatic carbocycles. The molecule has 1 aromatic carbocycles. The van der Waals surface area contributed by atoms with Crippen molar-refractivity contribution in [1.29, 1.82) is 0 Å². The molecule has 11 N–H and O–H groups in total. The summed E-state index contributed by atoms with van der Waals surface area (Å²) in [6, 6.07) is 3.45. The van der Waals surface area contributed by atoms with E-state index in [0.29, 0.717) is 25.8 Å². The van der Waals surface area contributed by atoms with E-state index in [0.717, 1.165) is 16.5 Å². The molecule has 0 bridgehead atoms. The van der Waals surface area contributed by atoms with Gasteiger partial charge in [0.25, 0.3) is 0 Å². The number of fused-ring (bicyclic) bond motifs is 1. The second-order valence-corrected chi connectivity index (χ2v) is 11.4. The van der Waals surface area contributed by atoms with E-state index in [2.05, 4.69) is 25.9 Å². The summed E-state index contributed by atoms with van der Waals surface area (Å²) in [5.41, 5.74) is 18.3. The maximum Gasteiger partial charge on any atom is 0.326 e. The predicted octanol–water partition coefficient (Wildman–Crippen LogP) is 0.723. The van der Waals surface area contributed by atoms with Crippen LogP contribution >= 0.6 is 0 Å². The molecule has 13 nitrogen and oxygen atoms in total. The van der Waals surface area contributed by atoms with Gasteiger partial charge in [-0.3, -0.25) is 19.4 Å². The number of carbonyl (C=O) groups excluding carboxylic acids is 3. The predicted molar refractivity (Wildman–Crippen MR) is 162 cm³/mol. The lowest BCUT2D eigenvalue weighted by Gasteiger charge is -2.26. The van der Waals surface area contributed by atoms with E-state index in [9.17, 15) is 24.3 Å². The van der Waals surface area contributed by atoms with Crippen molar-refractivity contribution in [2.45, 2.75) is 84.0 Å². The van der Waals surface area contributed by atoms with Crippen LogP contribution in [-0.2, 0) is 25.6 Å². The highest BCUT2D eigenvalue weighted by molar-refractivity contribution is 5.94. The van der Waals surface area contributed by atoms with Gasteiger partial charge in [-0.25, -0.2) is 4.79 Å². The number of carboxylic acids is 1. The van der Waals surface area contributed by atoms with Crippen LogP contribution in [0.15, 0.2) is 35.5 Å². The summed E-state index contributed by atoms with van der Waals surface area (Å²) in [6.07, 6.45) is 3.15. The van der Waals surface area contributed by atoms with E-state index in [1.807, 2.05) is 52.0 Å². The minimum Gasteiger partial charge on any atom is -0.480 e. The number of H-pyrrole nitrogens is 1. The fraction of sp³-hybridized carbons (Fsp3) is 0.552. The minimum absolute atomic E-state index is 0.0161. The molecule has 1 heterocycles. The highest BCUT2D eigenvalue weighted by Crippen LogP contribution is 2.20. The number of aromatic nitrogens is 1. The Balaban J connectivity index is 2.25. The van der Waals surface area contributed by atoms with Crippen molar-refractivity contribution in [3.63, 3.8) is 0 Å². The Morgan fingerprint density at radius 2 is 1.45 bits per heavy atom. The van der Waals surface area contributed by atoms with Crippen molar-refractivity contribution in [2.24, 2.45) is 34.0 Å². The Kier molecular flexibility index (Phi) is 13.3. The number of carbonyl (C=O) groups is 4. The summed E-state index contributed by atoms with van der Waals surface area (Å²) in [5.74, 6) is -2.88. The van der Waals surface area contributed by atoms with E-state index in [4.69, 9.17) is 17.2 Å². The molecule has 3 amide bonds. The third-order valence-electron chi connectivity index (χ3n) is 6.70. The molecule has 42 heavy (non-hydrogen) atoms. The molecular weight excluding hydrogens is 540 g/mol. The first-order valence-electron chi connectivity index (χ1n) is 14.3. The van der Waals surface area contributed by atoms with E-state index in [-0.39, 0.29) is 30.6 Å². The highest BCUT2D eigenvalue weighted by atomic mass is 16.4. The van der Waals surface area contributed by atoms with E-state index >= 15 is 0 Å². The summed E-state index contributed by atoms with van der Waals surface area (Å²) >= 11 is 0. The van der Waals surface area contributed by atoms with Gasteiger partial charge in [0.2, 0.25) is 17.7 Å². The van der Waals surface area contributed by atoms with Crippen LogP contribution < -0.4 is 33.2 Å². The van der Waals surface area contributed by atoms with Crippen molar-refractivity contribution in [2.75, 3.05) is 6.54 Å². The van der Waals surface area contributed by atoms with E-state index in [1.165, 1.54) is 0 Å². The fourth-order valence-electron chi connectivity index (χ4n) is 4.60. The number of guanidine groups is 1. The van der Waals surface area contributed by atoms with Crippen LogP contribution in [0, 0.1) is 11.8 Å². The number of aromatic amines is 1. The maximum atomic E-state index is 13.6. The fourth-order valence-corrected chi connectivity index (χ4v) is 4.60. The monoisotopic (exact) mass is 586 g/mol. The van der Waals surface area contributed by atoms with Gasteiger partial charge in [-0.1, -0.05) is 45.9 Å². The average molecular weight is 587 g/mol. The van der Waals surface area contributed by atoms with Gasteiger partial charge < -0.3 is 43.2 Å². The zero-order chi connectivity index (χ0) is 31.4. The number of aliphatic imine (C=N–C) groups is 1. The standard InChI is InChI=1S/C29H46N8O5/c1-16(2)12-22(35-25(38)20(30)9-7-11-33-29(31)32)26(39)36-23(27(40)37-24(28(41)42)13-17(3)4)14-18-15-34-21-10-6-5-8-19(18)21/h5-6,8,10,15-17,20,22-24,34H,7,9,11-14,30H2,1-4H3,(H,35,38)(H,36,39)(H,37,40)(H,41,42)(H4,31,32,33). The zero-order valence-electron chi connectivity index (χ0n) is 24.9. The van der Waals surface area contributed by atoms with Gasteiger partial charge in [0, 0.05) is 30.1 Å². The molecule has 0 saturated carbocycles. The molecule has 2 rings (SSSR count). The molecule has 0 radical (unpaired) electrons. The quantitative estimate of drug-likeness (QED) is 0.0746. The number of para-hydroxylation sites is 1. The molecule has 4 unspecified atom stereocenters. The molecule has 0 spiro atoms. The number of hydrogen-bond donors (Lipinski definition) is 8. The first kappa shape index (κ1) is 34.1. The summed E-state index contributed by atoms with van der Waals surface area (Å²) in [7, 11) is 0. The number of nitrogens with one attached hydrogen (secondary N) is 4. The Morgan fingerprint density at radius 3 is 2.07 bits per heavy atom. The van der Waals surface area contributed by atoms with Gasteiger partial charge in [-0.05, 0) is 49.1 Å².